The molecule has 1 aromatic rings. The van der Waals surface area contributed by atoms with Crippen molar-refractivity contribution in [3.8, 4) is 0 Å². The van der Waals surface area contributed by atoms with Crippen molar-refractivity contribution in [2.24, 2.45) is 5.92 Å². The predicted molar refractivity (Wildman–Crippen MR) is 69.8 cm³/mol. The van der Waals surface area contributed by atoms with Crippen molar-refractivity contribution in [2.75, 3.05) is 0 Å². The summed E-state index contributed by atoms with van der Waals surface area (Å²) in [5.41, 5.74) is 0.804. The summed E-state index contributed by atoms with van der Waals surface area (Å²) < 4.78 is 51.9. The van der Waals surface area contributed by atoms with Crippen LogP contribution in [0.4, 0.5) is 17.6 Å². The first-order valence-corrected chi connectivity index (χ1v) is 6.96. The number of hydrogen-bond acceptors (Lipinski definition) is 1. The van der Waals surface area contributed by atoms with E-state index in [-0.39, 0.29) is 18.3 Å². The van der Waals surface area contributed by atoms with Crippen molar-refractivity contribution in [2.45, 2.75) is 50.9 Å². The Labute approximate surface area is 116 Å². The van der Waals surface area contributed by atoms with E-state index < -0.39 is 18.1 Å². The molecule has 0 amide bonds. The molecule has 1 nitrogen and oxygen atoms in total. The molecule has 5 heteroatoms. The molecule has 1 aromatic carbocycles. The van der Waals surface area contributed by atoms with E-state index >= 15 is 0 Å². The molecule has 2 unspecified atom stereocenters. The molecule has 2 rings (SSSR count). The van der Waals surface area contributed by atoms with Crippen LogP contribution in [0.5, 0.6) is 0 Å². The first kappa shape index (κ1) is 15.3. The van der Waals surface area contributed by atoms with Crippen LogP contribution in [0.1, 0.15) is 44.2 Å². The molecule has 1 aliphatic carbocycles. The molecule has 0 heterocycles. The first-order chi connectivity index (χ1) is 9.38. The lowest BCUT2D eigenvalue weighted by Crippen LogP contribution is -2.46. The number of nitrogens with one attached hydrogen (secondary N) is 1. The molecule has 0 radical (unpaired) electrons. The van der Waals surface area contributed by atoms with Crippen LogP contribution in [0.15, 0.2) is 24.3 Å². The van der Waals surface area contributed by atoms with Gasteiger partial charge in [-0.25, -0.2) is 4.39 Å². The van der Waals surface area contributed by atoms with Crippen molar-refractivity contribution in [3.63, 3.8) is 0 Å². The van der Waals surface area contributed by atoms with Crippen LogP contribution in [-0.2, 0) is 0 Å². The van der Waals surface area contributed by atoms with E-state index in [0.717, 1.165) is 12.0 Å². The average Bonchev–Trinajstić information content (AvgIpc) is 2.38. The number of rotatable bonds is 3. The molecule has 3 atom stereocenters. The predicted octanol–water partition coefficient (Wildman–Crippen LogP) is 4.60. The number of halogens is 4. The van der Waals surface area contributed by atoms with Crippen molar-refractivity contribution in [3.05, 3.63) is 35.6 Å². The van der Waals surface area contributed by atoms with Gasteiger partial charge in [0.05, 0.1) is 5.92 Å². The highest BCUT2D eigenvalue weighted by molar-refractivity contribution is 5.19. The third kappa shape index (κ3) is 3.72. The number of hydrogen-bond donors (Lipinski definition) is 1. The lowest BCUT2D eigenvalue weighted by Gasteiger charge is -2.35. The Morgan fingerprint density at radius 1 is 1.10 bits per heavy atom. The molecule has 0 aromatic heterocycles. The van der Waals surface area contributed by atoms with Crippen LogP contribution in [0.2, 0.25) is 0 Å². The Morgan fingerprint density at radius 2 is 1.70 bits per heavy atom. The van der Waals surface area contributed by atoms with Gasteiger partial charge >= 0.3 is 6.18 Å². The lowest BCUT2D eigenvalue weighted by atomic mass is 9.83. The summed E-state index contributed by atoms with van der Waals surface area (Å²) in [6.07, 6.45) is -1.97. The standard InChI is InChI=1S/C15H19F4N/c1-10(11-6-8-12(16)9-7-11)20-14-5-3-2-4-13(14)15(17,18)19/h6-10,13-14,20H,2-5H2,1H3/t10-,13?,14?/m0/s1. The maximum Gasteiger partial charge on any atom is 0.393 e. The molecular weight excluding hydrogens is 270 g/mol. The van der Waals surface area contributed by atoms with E-state index in [9.17, 15) is 17.6 Å². The van der Waals surface area contributed by atoms with Gasteiger partial charge in [0, 0.05) is 12.1 Å². The highest BCUT2D eigenvalue weighted by Gasteiger charge is 2.45. The van der Waals surface area contributed by atoms with Crippen LogP contribution < -0.4 is 5.32 Å². The summed E-state index contributed by atoms with van der Waals surface area (Å²) in [5.74, 6) is -1.62. The average molecular weight is 289 g/mol. The minimum Gasteiger partial charge on any atom is -0.307 e. The fraction of sp³-hybridized carbons (Fsp3) is 0.600. The fourth-order valence-electron chi connectivity index (χ4n) is 2.89. The molecule has 20 heavy (non-hydrogen) atoms. The van der Waals surface area contributed by atoms with Gasteiger partial charge < -0.3 is 5.32 Å². The van der Waals surface area contributed by atoms with E-state index in [2.05, 4.69) is 5.32 Å². The van der Waals surface area contributed by atoms with Crippen molar-refractivity contribution in [1.82, 2.24) is 5.32 Å². The Bertz CT molecular complexity index is 426. The largest absolute Gasteiger partial charge is 0.393 e. The Balaban J connectivity index is 2.05. The van der Waals surface area contributed by atoms with Crippen molar-refractivity contribution in [1.29, 1.82) is 0 Å². The Hall–Kier alpha value is -1.10. The van der Waals surface area contributed by atoms with Crippen LogP contribution >= 0.6 is 0 Å². The summed E-state index contributed by atoms with van der Waals surface area (Å²) in [6, 6.07) is 5.11. The van der Waals surface area contributed by atoms with E-state index in [4.69, 9.17) is 0 Å². The second-order valence-electron chi connectivity index (χ2n) is 5.48. The molecule has 1 aliphatic rings. The molecule has 1 fully saturated rings. The van der Waals surface area contributed by atoms with E-state index in [0.29, 0.717) is 12.8 Å². The van der Waals surface area contributed by atoms with Crippen LogP contribution in [-0.4, -0.2) is 12.2 Å². The highest BCUT2D eigenvalue weighted by Crippen LogP contribution is 2.38. The summed E-state index contributed by atoms with van der Waals surface area (Å²) in [7, 11) is 0. The summed E-state index contributed by atoms with van der Waals surface area (Å²) in [6.45, 7) is 1.81. The van der Waals surface area contributed by atoms with E-state index in [1.54, 1.807) is 12.1 Å². The minimum absolute atomic E-state index is 0.192. The zero-order valence-corrected chi connectivity index (χ0v) is 11.4. The zero-order chi connectivity index (χ0) is 14.8. The minimum atomic E-state index is -4.15. The quantitative estimate of drug-likeness (QED) is 0.802. The summed E-state index contributed by atoms with van der Waals surface area (Å²) >= 11 is 0. The maximum absolute atomic E-state index is 13.0. The van der Waals surface area contributed by atoms with Gasteiger partial charge in [-0.05, 0) is 37.5 Å². The fourth-order valence-corrected chi connectivity index (χ4v) is 2.89. The summed E-state index contributed by atoms with van der Waals surface area (Å²) in [4.78, 5) is 0. The van der Waals surface area contributed by atoms with Gasteiger partial charge in [0.2, 0.25) is 0 Å². The molecular formula is C15H19F4N. The van der Waals surface area contributed by atoms with E-state index in [1.807, 2.05) is 6.92 Å². The normalized spacial score (nSPS) is 25.4. The molecule has 0 aliphatic heterocycles. The van der Waals surface area contributed by atoms with E-state index in [1.165, 1.54) is 12.1 Å². The SMILES string of the molecule is C[C@H](NC1CCCCC1C(F)(F)F)c1ccc(F)cc1. The second-order valence-corrected chi connectivity index (χ2v) is 5.48. The molecule has 1 saturated carbocycles. The van der Waals surface area contributed by atoms with Crippen LogP contribution in [0.25, 0.3) is 0 Å². The molecule has 0 bridgehead atoms. The number of alkyl halides is 3. The Kier molecular flexibility index (Phi) is 4.68. The highest BCUT2D eigenvalue weighted by atomic mass is 19.4. The lowest BCUT2D eigenvalue weighted by molar-refractivity contribution is -0.189. The van der Waals surface area contributed by atoms with Gasteiger partial charge in [-0.15, -0.1) is 0 Å². The first-order valence-electron chi connectivity index (χ1n) is 6.96. The van der Waals surface area contributed by atoms with Crippen LogP contribution in [0, 0.1) is 11.7 Å². The van der Waals surface area contributed by atoms with Crippen LogP contribution in [0.3, 0.4) is 0 Å². The molecule has 112 valence electrons. The van der Waals surface area contributed by atoms with Gasteiger partial charge in [0.25, 0.3) is 0 Å². The second kappa shape index (κ2) is 6.12. The van der Waals surface area contributed by atoms with Gasteiger partial charge in [-0.1, -0.05) is 25.0 Å². The zero-order valence-electron chi connectivity index (χ0n) is 11.4. The van der Waals surface area contributed by atoms with Gasteiger partial charge in [0.15, 0.2) is 0 Å². The third-order valence-electron chi connectivity index (χ3n) is 4.02. The van der Waals surface area contributed by atoms with Crippen molar-refractivity contribution < 1.29 is 17.6 Å². The van der Waals surface area contributed by atoms with Gasteiger partial charge in [-0.3, -0.25) is 0 Å². The number of benzene rings is 1. The smallest absolute Gasteiger partial charge is 0.307 e. The molecule has 0 spiro atoms. The molecule has 0 saturated heterocycles. The van der Waals surface area contributed by atoms with Crippen molar-refractivity contribution >= 4 is 0 Å². The monoisotopic (exact) mass is 289 g/mol. The Morgan fingerprint density at radius 3 is 2.30 bits per heavy atom. The van der Waals surface area contributed by atoms with Gasteiger partial charge in [0.1, 0.15) is 5.82 Å². The maximum atomic E-state index is 13.0. The van der Waals surface area contributed by atoms with Gasteiger partial charge in [-0.2, -0.15) is 13.2 Å². The molecule has 1 N–H and O–H groups in total. The third-order valence-corrected chi connectivity index (χ3v) is 4.02. The topological polar surface area (TPSA) is 12.0 Å². The summed E-state index contributed by atoms with van der Waals surface area (Å²) in [5, 5.41) is 3.07.